The third kappa shape index (κ3) is 3.57. The van der Waals surface area contributed by atoms with Crippen molar-refractivity contribution in [2.24, 2.45) is 0 Å². The van der Waals surface area contributed by atoms with E-state index in [9.17, 15) is 0 Å². The van der Waals surface area contributed by atoms with Gasteiger partial charge >= 0.3 is 0 Å². The first-order valence-electron chi connectivity index (χ1n) is 6.05. The summed E-state index contributed by atoms with van der Waals surface area (Å²) in [5.74, 6) is 1.76. The van der Waals surface area contributed by atoms with Gasteiger partial charge in [-0.1, -0.05) is 0 Å². The van der Waals surface area contributed by atoms with Crippen molar-refractivity contribution in [3.63, 3.8) is 0 Å². The summed E-state index contributed by atoms with van der Waals surface area (Å²) in [6.07, 6.45) is 2.40. The minimum absolute atomic E-state index is 0.159. The maximum atomic E-state index is 8.65. The van der Waals surface area contributed by atoms with Crippen molar-refractivity contribution in [1.29, 1.82) is 0 Å². The molecular weight excluding hydrogens is 218 g/mol. The van der Waals surface area contributed by atoms with Gasteiger partial charge in [-0.15, -0.1) is 0 Å². The van der Waals surface area contributed by atoms with Gasteiger partial charge in [-0.05, 0) is 12.1 Å². The predicted octanol–water partition coefficient (Wildman–Crippen LogP) is 0.252. The van der Waals surface area contributed by atoms with Gasteiger partial charge in [0.15, 0.2) is 0 Å². The number of rotatable bonds is 5. The Bertz CT molecular complexity index is 323. The van der Waals surface area contributed by atoms with Crippen molar-refractivity contribution in [2.75, 3.05) is 44.3 Å². The molecule has 0 unspecified atom stereocenters. The second kappa shape index (κ2) is 6.42. The van der Waals surface area contributed by atoms with Crippen molar-refractivity contribution in [2.45, 2.75) is 6.42 Å². The first-order valence-corrected chi connectivity index (χ1v) is 6.05. The topological polar surface area (TPSA) is 57.6 Å². The minimum Gasteiger partial charge on any atom is -0.492 e. The molecule has 5 nitrogen and oxygen atoms in total. The number of aliphatic hydroxyl groups excluding tert-OH is 1. The molecule has 17 heavy (non-hydrogen) atoms. The normalized spacial score (nSPS) is 15.9. The van der Waals surface area contributed by atoms with Crippen LogP contribution >= 0.6 is 0 Å². The molecule has 1 fully saturated rings. The van der Waals surface area contributed by atoms with Crippen molar-refractivity contribution < 1.29 is 9.84 Å². The number of aromatic nitrogens is 1. The lowest BCUT2D eigenvalue weighted by Gasteiger charge is -2.28. The molecule has 2 heterocycles. The van der Waals surface area contributed by atoms with Crippen LogP contribution in [0.3, 0.4) is 0 Å². The number of nitrogens with one attached hydrogen (secondary N) is 1. The van der Waals surface area contributed by atoms with E-state index in [1.807, 2.05) is 12.1 Å². The monoisotopic (exact) mass is 237 g/mol. The summed E-state index contributed by atoms with van der Waals surface area (Å²) in [5, 5.41) is 12.0. The van der Waals surface area contributed by atoms with E-state index in [4.69, 9.17) is 9.84 Å². The largest absolute Gasteiger partial charge is 0.492 e. The first kappa shape index (κ1) is 12.1. The van der Waals surface area contributed by atoms with Gasteiger partial charge in [-0.2, -0.15) is 0 Å². The van der Waals surface area contributed by atoms with Crippen molar-refractivity contribution in [3.8, 4) is 5.75 Å². The van der Waals surface area contributed by atoms with Gasteiger partial charge in [0, 0.05) is 39.2 Å². The molecule has 0 amide bonds. The standard InChI is InChI=1S/C12H19N3O2/c16-8-1-9-17-11-2-3-12(14-10-11)15-6-4-13-5-7-15/h2-3,10,13,16H,1,4-9H2. The molecule has 1 aromatic heterocycles. The minimum atomic E-state index is 0.159. The number of nitrogens with zero attached hydrogens (tertiary/aromatic N) is 2. The molecule has 1 aromatic rings. The fraction of sp³-hybridized carbons (Fsp3) is 0.583. The SMILES string of the molecule is OCCCOc1ccc(N2CCNCC2)nc1. The highest BCUT2D eigenvalue weighted by molar-refractivity contribution is 5.41. The highest BCUT2D eigenvalue weighted by atomic mass is 16.5. The second-order valence-corrected chi connectivity index (χ2v) is 4.01. The van der Waals surface area contributed by atoms with Crippen LogP contribution in [-0.2, 0) is 0 Å². The summed E-state index contributed by atoms with van der Waals surface area (Å²) in [6, 6.07) is 3.92. The van der Waals surface area contributed by atoms with Gasteiger partial charge in [0.1, 0.15) is 11.6 Å². The number of hydrogen-bond acceptors (Lipinski definition) is 5. The number of anilines is 1. The lowest BCUT2D eigenvalue weighted by Crippen LogP contribution is -2.43. The Morgan fingerprint density at radius 2 is 2.18 bits per heavy atom. The summed E-state index contributed by atoms with van der Waals surface area (Å²) in [4.78, 5) is 6.65. The summed E-state index contributed by atoms with van der Waals surface area (Å²) < 4.78 is 5.44. The quantitative estimate of drug-likeness (QED) is 0.719. The smallest absolute Gasteiger partial charge is 0.137 e. The highest BCUT2D eigenvalue weighted by Gasteiger charge is 2.11. The maximum Gasteiger partial charge on any atom is 0.137 e. The highest BCUT2D eigenvalue weighted by Crippen LogP contribution is 2.16. The molecule has 1 saturated heterocycles. The summed E-state index contributed by atoms with van der Waals surface area (Å²) in [7, 11) is 0. The summed E-state index contributed by atoms with van der Waals surface area (Å²) in [5.41, 5.74) is 0. The van der Waals surface area contributed by atoms with Crippen LogP contribution in [0, 0.1) is 0 Å². The third-order valence-electron chi connectivity index (χ3n) is 2.73. The van der Waals surface area contributed by atoms with Crippen LogP contribution in [0.25, 0.3) is 0 Å². The Morgan fingerprint density at radius 1 is 1.35 bits per heavy atom. The van der Waals surface area contributed by atoms with E-state index >= 15 is 0 Å². The number of ether oxygens (including phenoxy) is 1. The van der Waals surface area contributed by atoms with Crippen molar-refractivity contribution in [1.82, 2.24) is 10.3 Å². The fourth-order valence-electron chi connectivity index (χ4n) is 1.79. The number of piperazine rings is 1. The van der Waals surface area contributed by atoms with Gasteiger partial charge in [0.2, 0.25) is 0 Å². The van der Waals surface area contributed by atoms with E-state index in [0.29, 0.717) is 13.0 Å². The molecule has 94 valence electrons. The van der Waals surface area contributed by atoms with E-state index < -0.39 is 0 Å². The van der Waals surface area contributed by atoms with Crippen LogP contribution < -0.4 is 15.0 Å². The zero-order valence-electron chi connectivity index (χ0n) is 9.93. The van der Waals surface area contributed by atoms with Gasteiger partial charge in [-0.25, -0.2) is 4.98 Å². The van der Waals surface area contributed by atoms with Crippen molar-refractivity contribution in [3.05, 3.63) is 18.3 Å². The molecule has 2 rings (SSSR count). The molecule has 5 heteroatoms. The average Bonchev–Trinajstić information content (AvgIpc) is 2.41. The van der Waals surface area contributed by atoms with E-state index in [-0.39, 0.29) is 6.61 Å². The molecule has 0 saturated carbocycles. The van der Waals surface area contributed by atoms with Crippen LogP contribution in [0.2, 0.25) is 0 Å². The number of aliphatic hydroxyl groups is 1. The van der Waals surface area contributed by atoms with Gasteiger partial charge < -0.3 is 20.1 Å². The molecule has 0 spiro atoms. The van der Waals surface area contributed by atoms with Gasteiger partial charge in [0.05, 0.1) is 12.8 Å². The van der Waals surface area contributed by atoms with Crippen LogP contribution in [0.15, 0.2) is 18.3 Å². The molecule has 0 atom stereocenters. The molecule has 0 aromatic carbocycles. The molecule has 0 bridgehead atoms. The Hall–Kier alpha value is -1.33. The lowest BCUT2D eigenvalue weighted by atomic mass is 10.3. The van der Waals surface area contributed by atoms with Crippen molar-refractivity contribution >= 4 is 5.82 Å². The predicted molar refractivity (Wildman–Crippen MR) is 66.5 cm³/mol. The second-order valence-electron chi connectivity index (χ2n) is 4.01. The molecule has 0 aliphatic carbocycles. The van der Waals surface area contributed by atoms with Crippen LogP contribution in [0.1, 0.15) is 6.42 Å². The Kier molecular flexibility index (Phi) is 4.58. The molecular formula is C12H19N3O2. The van der Waals surface area contributed by atoms with Gasteiger partial charge in [0.25, 0.3) is 0 Å². The lowest BCUT2D eigenvalue weighted by molar-refractivity contribution is 0.233. The third-order valence-corrected chi connectivity index (χ3v) is 2.73. The van der Waals surface area contributed by atoms with E-state index in [0.717, 1.165) is 37.7 Å². The Balaban J connectivity index is 1.88. The zero-order valence-corrected chi connectivity index (χ0v) is 9.93. The zero-order chi connectivity index (χ0) is 11.9. The van der Waals surface area contributed by atoms with E-state index in [1.165, 1.54) is 0 Å². The average molecular weight is 237 g/mol. The van der Waals surface area contributed by atoms with Crippen LogP contribution in [0.5, 0.6) is 5.75 Å². The Labute approximate surface area is 101 Å². The molecule has 1 aliphatic heterocycles. The fourth-order valence-corrected chi connectivity index (χ4v) is 1.79. The first-order chi connectivity index (χ1) is 8.40. The Morgan fingerprint density at radius 3 is 2.82 bits per heavy atom. The number of hydrogen-bond donors (Lipinski definition) is 2. The van der Waals surface area contributed by atoms with Crippen LogP contribution in [-0.4, -0.2) is 49.5 Å². The maximum absolute atomic E-state index is 8.65. The van der Waals surface area contributed by atoms with Crippen LogP contribution in [0.4, 0.5) is 5.82 Å². The van der Waals surface area contributed by atoms with E-state index in [1.54, 1.807) is 6.20 Å². The number of pyridine rings is 1. The summed E-state index contributed by atoms with van der Waals surface area (Å²) >= 11 is 0. The summed E-state index contributed by atoms with van der Waals surface area (Å²) in [6.45, 7) is 4.71. The molecule has 1 aliphatic rings. The van der Waals surface area contributed by atoms with E-state index in [2.05, 4.69) is 15.2 Å². The molecule has 0 radical (unpaired) electrons. The molecule has 2 N–H and O–H groups in total. The van der Waals surface area contributed by atoms with Gasteiger partial charge in [-0.3, -0.25) is 0 Å².